The van der Waals surface area contributed by atoms with Gasteiger partial charge < -0.3 is 24.4 Å². The Morgan fingerprint density at radius 2 is 1.74 bits per heavy atom. The Kier molecular flexibility index (Phi) is 13.4. The number of aliphatic hydroxyl groups excluding tert-OH is 1. The van der Waals surface area contributed by atoms with Crippen LogP contribution in [0, 0.1) is 11.8 Å². The molecule has 4 rings (SSSR count). The summed E-state index contributed by atoms with van der Waals surface area (Å²) in [5, 5.41) is 10.6. The van der Waals surface area contributed by atoms with E-state index in [4.69, 9.17) is 21.1 Å². The van der Waals surface area contributed by atoms with Gasteiger partial charge in [-0.25, -0.2) is 8.42 Å². The van der Waals surface area contributed by atoms with Crippen LogP contribution >= 0.6 is 11.6 Å². The van der Waals surface area contributed by atoms with Crippen molar-refractivity contribution in [2.75, 3.05) is 38.1 Å². The van der Waals surface area contributed by atoms with Gasteiger partial charge in [0.25, 0.3) is 15.9 Å². The molecular formula is C35H50ClN3O7S. The van der Waals surface area contributed by atoms with Crippen molar-refractivity contribution in [3.8, 4) is 5.75 Å². The van der Waals surface area contributed by atoms with E-state index in [-0.39, 0.29) is 59.2 Å². The van der Waals surface area contributed by atoms with Gasteiger partial charge in [0.1, 0.15) is 5.75 Å². The summed E-state index contributed by atoms with van der Waals surface area (Å²) in [5.41, 5.74) is 0.373. The largest absolute Gasteiger partial charge is 0.490 e. The number of nitrogens with zero attached hydrogens (tertiary/aromatic N) is 2. The second-order valence-corrected chi connectivity index (χ2v) is 15.2. The van der Waals surface area contributed by atoms with Crippen LogP contribution in [0.4, 0.5) is 5.69 Å². The van der Waals surface area contributed by atoms with E-state index in [1.165, 1.54) is 36.8 Å². The molecule has 10 nitrogen and oxygen atoms in total. The van der Waals surface area contributed by atoms with Crippen LogP contribution in [0.15, 0.2) is 47.4 Å². The molecule has 1 aliphatic heterocycles. The molecular weight excluding hydrogens is 642 g/mol. The maximum Gasteiger partial charge on any atom is 0.261 e. The molecule has 0 unspecified atom stereocenters. The number of carbonyl (C=O) groups is 2. The number of halogens is 1. The van der Waals surface area contributed by atoms with Crippen molar-refractivity contribution in [2.45, 2.75) is 95.3 Å². The van der Waals surface area contributed by atoms with E-state index >= 15 is 0 Å². The third kappa shape index (κ3) is 10.1. The number of rotatable bonds is 8. The number of ether oxygens (including phenoxy) is 2. The molecule has 1 saturated carbocycles. The van der Waals surface area contributed by atoms with E-state index in [9.17, 15) is 23.1 Å². The molecule has 2 aromatic rings. The number of fused-ring (bicyclic) bond motifs is 1. The number of nitrogens with one attached hydrogen (secondary N) is 1. The van der Waals surface area contributed by atoms with Crippen LogP contribution in [-0.2, 0) is 19.6 Å². The van der Waals surface area contributed by atoms with Gasteiger partial charge in [0, 0.05) is 49.3 Å². The first-order valence-electron chi connectivity index (χ1n) is 16.8. The van der Waals surface area contributed by atoms with Crippen LogP contribution in [-0.4, -0.2) is 86.7 Å². The van der Waals surface area contributed by atoms with Crippen molar-refractivity contribution in [1.29, 1.82) is 0 Å². The average molecular weight is 692 g/mol. The summed E-state index contributed by atoms with van der Waals surface area (Å²) in [5.74, 6) is -0.0743. The summed E-state index contributed by atoms with van der Waals surface area (Å²) in [6.45, 7) is 6.58. The Bertz CT molecular complexity index is 1450. The lowest BCUT2D eigenvalue weighted by Crippen LogP contribution is -2.48. The molecule has 4 atom stereocenters. The first-order chi connectivity index (χ1) is 22.4. The van der Waals surface area contributed by atoms with Gasteiger partial charge in [0.2, 0.25) is 5.91 Å². The van der Waals surface area contributed by atoms with Crippen molar-refractivity contribution in [3.05, 3.63) is 53.1 Å². The lowest BCUT2D eigenvalue weighted by Gasteiger charge is -2.36. The standard InChI is InChI=1S/C35H50ClN3O7S/c1-24-21-39(25(2)23-40)35(42)31-20-29(37-47(43,44)30-16-13-28(36)14-17-30)15-18-32(31)46-26(3)10-8-9-19-45-33(24)22-38(4)34(41)27-11-6-5-7-12-27/h13-18,20,24-27,33,37,40H,5-12,19,21-23H2,1-4H3/t24-,25+,26-,33+/m1/s1. The van der Waals surface area contributed by atoms with Crippen molar-refractivity contribution in [3.63, 3.8) is 0 Å². The maximum atomic E-state index is 14.4. The normalized spacial score (nSPS) is 22.8. The highest BCUT2D eigenvalue weighted by atomic mass is 35.5. The van der Waals surface area contributed by atoms with Crippen molar-refractivity contribution in [1.82, 2.24) is 9.80 Å². The van der Waals surface area contributed by atoms with Gasteiger partial charge in [0.05, 0.1) is 35.3 Å². The summed E-state index contributed by atoms with van der Waals surface area (Å²) in [6, 6.07) is 9.91. The van der Waals surface area contributed by atoms with Crippen molar-refractivity contribution in [2.24, 2.45) is 11.8 Å². The number of carbonyl (C=O) groups excluding carboxylic acids is 2. The van der Waals surface area contributed by atoms with Gasteiger partial charge in [-0.3, -0.25) is 14.3 Å². The molecule has 12 heteroatoms. The summed E-state index contributed by atoms with van der Waals surface area (Å²) in [4.78, 5) is 31.1. The Labute approximate surface area is 284 Å². The van der Waals surface area contributed by atoms with Crippen LogP contribution in [0.5, 0.6) is 5.75 Å². The van der Waals surface area contributed by atoms with Crippen molar-refractivity contribution < 1.29 is 32.6 Å². The zero-order chi connectivity index (χ0) is 34.1. The van der Waals surface area contributed by atoms with Gasteiger partial charge in [-0.2, -0.15) is 0 Å². The van der Waals surface area contributed by atoms with E-state index in [0.717, 1.165) is 44.9 Å². The molecule has 1 aliphatic carbocycles. The zero-order valence-corrected chi connectivity index (χ0v) is 29.6. The predicted molar refractivity (Wildman–Crippen MR) is 183 cm³/mol. The van der Waals surface area contributed by atoms with Crippen LogP contribution in [0.1, 0.15) is 82.5 Å². The third-order valence-electron chi connectivity index (χ3n) is 9.21. The number of likely N-dealkylation sites (N-methyl/N-ethyl adjacent to an activating group) is 1. The minimum Gasteiger partial charge on any atom is -0.490 e. The molecule has 0 radical (unpaired) electrons. The SMILES string of the molecule is C[C@@H]1CCCCO[C@@H](CN(C)C(=O)C2CCCCC2)[C@H](C)CN([C@@H](C)CO)C(=O)c2cc(NS(=O)(=O)c3ccc(Cl)cc3)ccc2O1. The fourth-order valence-corrected chi connectivity index (χ4v) is 7.47. The highest BCUT2D eigenvalue weighted by molar-refractivity contribution is 7.92. The number of benzene rings is 2. The van der Waals surface area contributed by atoms with E-state index in [1.807, 2.05) is 20.9 Å². The van der Waals surface area contributed by atoms with E-state index in [1.54, 1.807) is 28.9 Å². The van der Waals surface area contributed by atoms with Crippen LogP contribution < -0.4 is 9.46 Å². The second-order valence-electron chi connectivity index (χ2n) is 13.1. The predicted octanol–water partition coefficient (Wildman–Crippen LogP) is 5.98. The summed E-state index contributed by atoms with van der Waals surface area (Å²) in [7, 11) is -2.14. The van der Waals surface area contributed by atoms with Gasteiger partial charge >= 0.3 is 0 Å². The highest BCUT2D eigenvalue weighted by Crippen LogP contribution is 2.30. The Balaban J connectivity index is 1.64. The molecule has 2 amide bonds. The molecule has 260 valence electrons. The lowest BCUT2D eigenvalue weighted by atomic mass is 9.88. The number of hydrogen-bond donors (Lipinski definition) is 2. The highest BCUT2D eigenvalue weighted by Gasteiger charge is 2.32. The average Bonchev–Trinajstić information content (AvgIpc) is 3.06. The second kappa shape index (κ2) is 17.0. The van der Waals surface area contributed by atoms with Gasteiger partial charge in [-0.1, -0.05) is 37.8 Å². The molecule has 0 saturated heterocycles. The number of anilines is 1. The molecule has 47 heavy (non-hydrogen) atoms. The van der Waals surface area contributed by atoms with E-state index < -0.39 is 22.0 Å². The molecule has 2 aromatic carbocycles. The lowest BCUT2D eigenvalue weighted by molar-refractivity contribution is -0.137. The minimum atomic E-state index is -3.97. The fraction of sp³-hybridized carbons (Fsp3) is 0.600. The summed E-state index contributed by atoms with van der Waals surface area (Å²) in [6.07, 6.45) is 6.97. The Hall–Kier alpha value is -2.86. The quantitative estimate of drug-likeness (QED) is 0.349. The Morgan fingerprint density at radius 1 is 1.06 bits per heavy atom. The number of aliphatic hydroxyl groups is 1. The van der Waals surface area contributed by atoms with Crippen LogP contribution in [0.3, 0.4) is 0 Å². The van der Waals surface area contributed by atoms with Crippen molar-refractivity contribution >= 4 is 39.1 Å². The number of hydrogen-bond acceptors (Lipinski definition) is 7. The first-order valence-corrected chi connectivity index (χ1v) is 18.6. The monoisotopic (exact) mass is 691 g/mol. The Morgan fingerprint density at radius 3 is 2.43 bits per heavy atom. The van der Waals surface area contributed by atoms with E-state index in [2.05, 4.69) is 4.72 Å². The molecule has 0 aromatic heterocycles. The fourth-order valence-electron chi connectivity index (χ4n) is 6.30. The number of amides is 2. The summed E-state index contributed by atoms with van der Waals surface area (Å²) < 4.78 is 41.6. The summed E-state index contributed by atoms with van der Waals surface area (Å²) >= 11 is 5.95. The molecule has 0 spiro atoms. The number of sulfonamides is 1. The topological polar surface area (TPSA) is 125 Å². The maximum absolute atomic E-state index is 14.4. The first kappa shape index (κ1) is 37.0. The van der Waals surface area contributed by atoms with Gasteiger partial charge in [0.15, 0.2) is 0 Å². The van der Waals surface area contributed by atoms with Gasteiger partial charge in [-0.05, 0) is 88.4 Å². The molecule has 1 fully saturated rings. The van der Waals surface area contributed by atoms with Crippen LogP contribution in [0.2, 0.25) is 5.02 Å². The van der Waals surface area contributed by atoms with Gasteiger partial charge in [-0.15, -0.1) is 0 Å². The molecule has 2 N–H and O–H groups in total. The minimum absolute atomic E-state index is 0.0283. The molecule has 2 aliphatic rings. The smallest absolute Gasteiger partial charge is 0.261 e. The molecule has 1 heterocycles. The molecule has 0 bridgehead atoms. The third-order valence-corrected chi connectivity index (χ3v) is 10.9. The van der Waals surface area contributed by atoms with Crippen LogP contribution in [0.25, 0.3) is 0 Å². The zero-order valence-electron chi connectivity index (χ0n) is 28.0. The van der Waals surface area contributed by atoms with E-state index in [0.29, 0.717) is 23.9 Å².